The third kappa shape index (κ3) is 4.21. The minimum atomic E-state index is 0.450. The molecule has 1 heterocycles. The van der Waals surface area contributed by atoms with Crippen molar-refractivity contribution in [2.75, 3.05) is 34.4 Å². The predicted molar refractivity (Wildman–Crippen MR) is 91.5 cm³/mol. The van der Waals surface area contributed by atoms with E-state index in [0.29, 0.717) is 29.8 Å². The van der Waals surface area contributed by atoms with Gasteiger partial charge in [-0.1, -0.05) is 12.8 Å². The summed E-state index contributed by atoms with van der Waals surface area (Å²) in [6, 6.07) is 3.79. The van der Waals surface area contributed by atoms with Crippen molar-refractivity contribution in [3.63, 3.8) is 0 Å². The topological polar surface area (TPSA) is 69.3 Å². The number of nitrogens with two attached hydrogens (primary N) is 1. The predicted octanol–water partition coefficient (Wildman–Crippen LogP) is 2.40. The third-order valence-corrected chi connectivity index (χ3v) is 4.13. The van der Waals surface area contributed by atoms with Crippen molar-refractivity contribution in [2.24, 2.45) is 10.7 Å². The van der Waals surface area contributed by atoms with Gasteiger partial charge in [0.05, 0.1) is 27.9 Å². The number of guanidine groups is 1. The average Bonchev–Trinajstić information content (AvgIpc) is 2.87. The van der Waals surface area contributed by atoms with Gasteiger partial charge < -0.3 is 24.8 Å². The summed E-state index contributed by atoms with van der Waals surface area (Å²) in [6.45, 7) is 2.42. The highest BCUT2D eigenvalue weighted by Gasteiger charge is 2.16. The molecule has 6 nitrogen and oxygen atoms in total. The first-order valence-corrected chi connectivity index (χ1v) is 8.04. The van der Waals surface area contributed by atoms with E-state index in [9.17, 15) is 0 Å². The van der Waals surface area contributed by atoms with Crippen LogP contribution in [0.4, 0.5) is 0 Å². The van der Waals surface area contributed by atoms with Crippen LogP contribution in [0.1, 0.15) is 31.2 Å². The van der Waals surface area contributed by atoms with Crippen molar-refractivity contribution in [1.29, 1.82) is 0 Å². The molecule has 0 atom stereocenters. The van der Waals surface area contributed by atoms with Crippen molar-refractivity contribution >= 4 is 5.96 Å². The summed E-state index contributed by atoms with van der Waals surface area (Å²) in [5.74, 6) is 2.46. The number of likely N-dealkylation sites (tertiary alicyclic amines) is 1. The van der Waals surface area contributed by atoms with Crippen LogP contribution in [-0.2, 0) is 6.54 Å². The molecule has 1 aromatic rings. The van der Waals surface area contributed by atoms with Gasteiger partial charge in [0.1, 0.15) is 0 Å². The van der Waals surface area contributed by atoms with Gasteiger partial charge in [-0.3, -0.25) is 0 Å². The summed E-state index contributed by atoms with van der Waals surface area (Å²) in [5.41, 5.74) is 7.08. The largest absolute Gasteiger partial charge is 0.493 e. The number of nitrogens with zero attached hydrogens (tertiary/aromatic N) is 2. The highest BCUT2D eigenvalue weighted by molar-refractivity contribution is 5.78. The Morgan fingerprint density at radius 3 is 2.22 bits per heavy atom. The fraction of sp³-hybridized carbons (Fsp3) is 0.588. The zero-order chi connectivity index (χ0) is 16.7. The van der Waals surface area contributed by atoms with E-state index in [1.165, 1.54) is 25.7 Å². The Morgan fingerprint density at radius 1 is 1.00 bits per heavy atom. The van der Waals surface area contributed by atoms with Crippen molar-refractivity contribution in [1.82, 2.24) is 4.90 Å². The Labute approximate surface area is 138 Å². The van der Waals surface area contributed by atoms with Crippen LogP contribution < -0.4 is 19.9 Å². The molecule has 2 N–H and O–H groups in total. The molecule has 0 spiro atoms. The second-order valence-electron chi connectivity index (χ2n) is 5.57. The van der Waals surface area contributed by atoms with Crippen LogP contribution in [0.25, 0.3) is 0 Å². The number of ether oxygens (including phenoxy) is 3. The van der Waals surface area contributed by atoms with Crippen molar-refractivity contribution < 1.29 is 14.2 Å². The van der Waals surface area contributed by atoms with Crippen LogP contribution >= 0.6 is 0 Å². The van der Waals surface area contributed by atoms with Crippen LogP contribution in [0, 0.1) is 0 Å². The molecule has 1 saturated heterocycles. The molecule has 1 aliphatic rings. The van der Waals surface area contributed by atoms with Gasteiger partial charge in [-0.05, 0) is 25.0 Å². The Morgan fingerprint density at radius 2 is 1.65 bits per heavy atom. The zero-order valence-electron chi connectivity index (χ0n) is 14.3. The molecule has 6 heteroatoms. The Kier molecular flexibility index (Phi) is 6.38. The summed E-state index contributed by atoms with van der Waals surface area (Å²) in [7, 11) is 4.81. The molecule has 0 radical (unpaired) electrons. The van der Waals surface area contributed by atoms with Gasteiger partial charge in [0.15, 0.2) is 17.5 Å². The maximum absolute atomic E-state index is 6.16. The van der Waals surface area contributed by atoms with E-state index in [4.69, 9.17) is 19.9 Å². The lowest BCUT2D eigenvalue weighted by Crippen LogP contribution is -2.38. The quantitative estimate of drug-likeness (QED) is 0.666. The van der Waals surface area contributed by atoms with E-state index < -0.39 is 0 Å². The first-order chi connectivity index (χ1) is 11.2. The number of hydrogen-bond donors (Lipinski definition) is 1. The molecule has 23 heavy (non-hydrogen) atoms. The first-order valence-electron chi connectivity index (χ1n) is 8.04. The van der Waals surface area contributed by atoms with E-state index in [-0.39, 0.29) is 0 Å². The molecular weight excluding hydrogens is 294 g/mol. The first kappa shape index (κ1) is 17.2. The number of rotatable bonds is 5. The molecular formula is C17H27N3O3. The minimum absolute atomic E-state index is 0.450. The van der Waals surface area contributed by atoms with Gasteiger partial charge >= 0.3 is 0 Å². The van der Waals surface area contributed by atoms with Gasteiger partial charge in [-0.2, -0.15) is 0 Å². The Bertz CT molecular complexity index is 538. The Balaban J connectivity index is 2.17. The van der Waals surface area contributed by atoms with Crippen LogP contribution in [-0.4, -0.2) is 45.3 Å². The summed E-state index contributed by atoms with van der Waals surface area (Å²) in [5, 5.41) is 0. The number of hydrogen-bond acceptors (Lipinski definition) is 4. The summed E-state index contributed by atoms with van der Waals surface area (Å²) in [4.78, 5) is 6.71. The highest BCUT2D eigenvalue weighted by atomic mass is 16.5. The molecule has 0 aliphatic carbocycles. The molecule has 0 aromatic heterocycles. The summed E-state index contributed by atoms with van der Waals surface area (Å²) in [6.07, 6.45) is 4.90. The summed E-state index contributed by atoms with van der Waals surface area (Å²) >= 11 is 0. The SMILES string of the molecule is COc1ccc(CN=C(N)N2CCCCCC2)c(OC)c1OC. The van der Waals surface area contributed by atoms with Gasteiger partial charge in [-0.15, -0.1) is 0 Å². The second-order valence-corrected chi connectivity index (χ2v) is 5.57. The molecule has 1 fully saturated rings. The maximum atomic E-state index is 6.16. The molecule has 0 bridgehead atoms. The van der Waals surface area contributed by atoms with Gasteiger partial charge in [0.2, 0.25) is 5.75 Å². The smallest absolute Gasteiger partial charge is 0.203 e. The standard InChI is InChI=1S/C17H27N3O3/c1-21-14-9-8-13(15(22-2)16(14)23-3)12-19-17(18)20-10-6-4-5-7-11-20/h8-9H,4-7,10-12H2,1-3H3,(H2,18,19). The van der Waals surface area contributed by atoms with Gasteiger partial charge in [-0.25, -0.2) is 4.99 Å². The lowest BCUT2D eigenvalue weighted by molar-refractivity contribution is 0.322. The normalized spacial score (nSPS) is 16.0. The number of benzene rings is 1. The average molecular weight is 321 g/mol. The van der Waals surface area contributed by atoms with Crippen LogP contribution in [0.15, 0.2) is 17.1 Å². The Hall–Kier alpha value is -2.11. The van der Waals surface area contributed by atoms with Crippen molar-refractivity contribution in [2.45, 2.75) is 32.2 Å². The van der Waals surface area contributed by atoms with Crippen molar-refractivity contribution in [3.05, 3.63) is 17.7 Å². The molecule has 1 aliphatic heterocycles. The minimum Gasteiger partial charge on any atom is -0.493 e. The summed E-state index contributed by atoms with van der Waals surface area (Å²) < 4.78 is 16.2. The fourth-order valence-corrected chi connectivity index (χ4v) is 2.85. The lowest BCUT2D eigenvalue weighted by atomic mass is 10.1. The van der Waals surface area contributed by atoms with E-state index in [1.807, 2.05) is 12.1 Å². The maximum Gasteiger partial charge on any atom is 0.203 e. The van der Waals surface area contributed by atoms with Crippen molar-refractivity contribution in [3.8, 4) is 17.2 Å². The zero-order valence-corrected chi connectivity index (χ0v) is 14.3. The molecule has 0 unspecified atom stereocenters. The van der Waals surface area contributed by atoms with E-state index >= 15 is 0 Å². The molecule has 0 saturated carbocycles. The number of methoxy groups -OCH3 is 3. The van der Waals surface area contributed by atoms with E-state index in [0.717, 1.165) is 18.7 Å². The highest BCUT2D eigenvalue weighted by Crippen LogP contribution is 2.39. The van der Waals surface area contributed by atoms with E-state index in [2.05, 4.69) is 9.89 Å². The monoisotopic (exact) mass is 321 g/mol. The molecule has 1 aromatic carbocycles. The van der Waals surface area contributed by atoms with E-state index in [1.54, 1.807) is 21.3 Å². The molecule has 2 rings (SSSR count). The van der Waals surface area contributed by atoms with Crippen LogP contribution in [0.5, 0.6) is 17.2 Å². The fourth-order valence-electron chi connectivity index (χ4n) is 2.85. The third-order valence-electron chi connectivity index (χ3n) is 4.13. The van der Waals surface area contributed by atoms with Gasteiger partial charge in [0, 0.05) is 18.7 Å². The second kappa shape index (κ2) is 8.50. The lowest BCUT2D eigenvalue weighted by Gasteiger charge is -2.21. The van der Waals surface area contributed by atoms with Gasteiger partial charge in [0.25, 0.3) is 0 Å². The van der Waals surface area contributed by atoms with Crippen LogP contribution in [0.2, 0.25) is 0 Å². The number of aliphatic imine (C=N–C) groups is 1. The molecule has 128 valence electrons. The molecule has 0 amide bonds. The van der Waals surface area contributed by atoms with Crippen LogP contribution in [0.3, 0.4) is 0 Å².